The summed E-state index contributed by atoms with van der Waals surface area (Å²) in [6.07, 6.45) is -0.786. The number of carbonyl (C=O) groups excluding carboxylic acids is 4. The van der Waals surface area contributed by atoms with Crippen LogP contribution in [-0.2, 0) is 19.1 Å². The Hall–Kier alpha value is -2.32. The van der Waals surface area contributed by atoms with Crippen molar-refractivity contribution in [3.8, 4) is 0 Å². The lowest BCUT2D eigenvalue weighted by Gasteiger charge is -2.19. The van der Waals surface area contributed by atoms with Crippen LogP contribution in [0.5, 0.6) is 0 Å². The summed E-state index contributed by atoms with van der Waals surface area (Å²) in [6.45, 7) is 4.09. The highest BCUT2D eigenvalue weighted by atomic mass is 35.5. The minimum absolute atomic E-state index is 0.229. The van der Waals surface area contributed by atoms with Crippen molar-refractivity contribution in [2.24, 2.45) is 0 Å². The number of rotatable bonds is 6. The van der Waals surface area contributed by atoms with Crippen LogP contribution in [0.25, 0.3) is 0 Å². The standard InChI is InChI=1S/C17H19Cl2N3O5/c1-4-17(3)15(25)22(16(26)21-17)8-13(23)27-9(2)14(24)20-12-6-5-10(18)7-11(12)19/h5-7,9H,4,8H2,1-3H3,(H,20,24)(H,21,26)/t9-,17+/m0/s1. The second-order valence-corrected chi connectivity index (χ2v) is 7.10. The van der Waals surface area contributed by atoms with Gasteiger partial charge in [0.1, 0.15) is 12.1 Å². The first-order valence-corrected chi connectivity index (χ1v) is 8.92. The molecule has 0 unspecified atom stereocenters. The maximum Gasteiger partial charge on any atom is 0.327 e. The second kappa shape index (κ2) is 8.14. The van der Waals surface area contributed by atoms with Gasteiger partial charge in [-0.25, -0.2) is 4.79 Å². The lowest BCUT2D eigenvalue weighted by Crippen LogP contribution is -2.44. The largest absolute Gasteiger partial charge is 0.451 e. The molecule has 2 atom stereocenters. The summed E-state index contributed by atoms with van der Waals surface area (Å²) in [6, 6.07) is 3.83. The predicted molar refractivity (Wildman–Crippen MR) is 99.6 cm³/mol. The van der Waals surface area contributed by atoms with Crippen molar-refractivity contribution in [1.29, 1.82) is 0 Å². The average molecular weight is 416 g/mol. The number of urea groups is 1. The van der Waals surface area contributed by atoms with E-state index in [1.807, 2.05) is 0 Å². The third-order valence-electron chi connectivity index (χ3n) is 4.21. The van der Waals surface area contributed by atoms with Crippen molar-refractivity contribution in [1.82, 2.24) is 10.2 Å². The molecule has 2 N–H and O–H groups in total. The normalized spacial score (nSPS) is 20.3. The zero-order valence-corrected chi connectivity index (χ0v) is 16.5. The van der Waals surface area contributed by atoms with Crippen LogP contribution in [-0.4, -0.2) is 46.9 Å². The van der Waals surface area contributed by atoms with Gasteiger partial charge in [-0.1, -0.05) is 30.1 Å². The quantitative estimate of drug-likeness (QED) is 0.548. The van der Waals surface area contributed by atoms with E-state index in [0.717, 1.165) is 4.90 Å². The number of hydrogen-bond donors (Lipinski definition) is 2. The molecule has 0 spiro atoms. The van der Waals surface area contributed by atoms with Crippen LogP contribution in [0.4, 0.5) is 10.5 Å². The van der Waals surface area contributed by atoms with Crippen LogP contribution in [0.1, 0.15) is 27.2 Å². The lowest BCUT2D eigenvalue weighted by atomic mass is 9.99. The van der Waals surface area contributed by atoms with E-state index in [-0.39, 0.29) is 5.02 Å². The Morgan fingerprint density at radius 2 is 2.00 bits per heavy atom. The van der Waals surface area contributed by atoms with Crippen LogP contribution in [0.15, 0.2) is 18.2 Å². The number of ether oxygens (including phenoxy) is 1. The minimum atomic E-state index is -1.16. The highest BCUT2D eigenvalue weighted by Gasteiger charge is 2.47. The monoisotopic (exact) mass is 415 g/mol. The fourth-order valence-electron chi connectivity index (χ4n) is 2.37. The SMILES string of the molecule is CC[C@@]1(C)NC(=O)N(CC(=O)O[C@@H](C)C(=O)Nc2ccc(Cl)cc2Cl)C1=O. The molecule has 8 nitrogen and oxygen atoms in total. The molecule has 1 saturated heterocycles. The summed E-state index contributed by atoms with van der Waals surface area (Å²) in [5.74, 6) is -2.02. The number of anilines is 1. The molecule has 2 rings (SSSR count). The number of nitrogens with one attached hydrogen (secondary N) is 2. The van der Waals surface area contributed by atoms with Gasteiger partial charge in [0, 0.05) is 5.02 Å². The van der Waals surface area contributed by atoms with Gasteiger partial charge in [0.15, 0.2) is 6.10 Å². The van der Waals surface area contributed by atoms with Gasteiger partial charge in [0.25, 0.3) is 11.8 Å². The molecule has 0 saturated carbocycles. The zero-order valence-electron chi connectivity index (χ0n) is 15.0. The van der Waals surface area contributed by atoms with Gasteiger partial charge >= 0.3 is 12.0 Å². The highest BCUT2D eigenvalue weighted by Crippen LogP contribution is 2.25. The van der Waals surface area contributed by atoms with E-state index in [1.54, 1.807) is 19.9 Å². The molecular formula is C17H19Cl2N3O5. The van der Waals surface area contributed by atoms with Crippen molar-refractivity contribution >= 4 is 52.7 Å². The molecular weight excluding hydrogens is 397 g/mol. The summed E-state index contributed by atoms with van der Waals surface area (Å²) in [5, 5.41) is 5.68. The first-order valence-electron chi connectivity index (χ1n) is 8.17. The van der Waals surface area contributed by atoms with Crippen molar-refractivity contribution in [3.63, 3.8) is 0 Å². The molecule has 1 aliphatic heterocycles. The molecule has 1 fully saturated rings. The first kappa shape index (κ1) is 21.0. The number of imide groups is 1. The van der Waals surface area contributed by atoms with Crippen molar-refractivity contribution < 1.29 is 23.9 Å². The summed E-state index contributed by atoms with van der Waals surface area (Å²) in [4.78, 5) is 49.1. The molecule has 1 aromatic carbocycles. The molecule has 4 amide bonds. The van der Waals surface area contributed by atoms with E-state index in [2.05, 4.69) is 10.6 Å². The Balaban J connectivity index is 1.94. The van der Waals surface area contributed by atoms with E-state index in [1.165, 1.54) is 19.1 Å². The smallest absolute Gasteiger partial charge is 0.327 e. The fraction of sp³-hybridized carbons (Fsp3) is 0.412. The van der Waals surface area contributed by atoms with Gasteiger partial charge in [-0.3, -0.25) is 19.3 Å². The maximum atomic E-state index is 12.3. The molecule has 0 aliphatic carbocycles. The molecule has 1 heterocycles. The number of esters is 1. The number of nitrogens with zero attached hydrogens (tertiary/aromatic N) is 1. The van der Waals surface area contributed by atoms with Crippen LogP contribution in [0, 0.1) is 0 Å². The van der Waals surface area contributed by atoms with Crippen LogP contribution < -0.4 is 10.6 Å². The van der Waals surface area contributed by atoms with Crippen molar-refractivity contribution in [2.45, 2.75) is 38.8 Å². The molecule has 27 heavy (non-hydrogen) atoms. The van der Waals surface area contributed by atoms with Crippen LogP contribution in [0.3, 0.4) is 0 Å². The predicted octanol–water partition coefficient (Wildman–Crippen LogP) is 2.58. The molecule has 10 heteroatoms. The van der Waals surface area contributed by atoms with E-state index in [4.69, 9.17) is 27.9 Å². The van der Waals surface area contributed by atoms with E-state index < -0.39 is 42.0 Å². The van der Waals surface area contributed by atoms with Gasteiger partial charge in [-0.2, -0.15) is 0 Å². The molecule has 0 aromatic heterocycles. The summed E-state index contributed by atoms with van der Waals surface area (Å²) in [7, 11) is 0. The summed E-state index contributed by atoms with van der Waals surface area (Å²) in [5.41, 5.74) is -0.743. The number of carbonyl (C=O) groups is 4. The third-order valence-corrected chi connectivity index (χ3v) is 4.75. The average Bonchev–Trinajstić information content (AvgIpc) is 2.81. The maximum absolute atomic E-state index is 12.3. The molecule has 0 bridgehead atoms. The van der Waals surface area contributed by atoms with Crippen LogP contribution >= 0.6 is 23.2 Å². The second-order valence-electron chi connectivity index (χ2n) is 6.25. The molecule has 1 aliphatic rings. The van der Waals surface area contributed by atoms with Gasteiger partial charge in [-0.15, -0.1) is 0 Å². The lowest BCUT2D eigenvalue weighted by molar-refractivity contribution is -0.155. The number of benzene rings is 1. The minimum Gasteiger partial charge on any atom is -0.451 e. The van der Waals surface area contributed by atoms with E-state index >= 15 is 0 Å². The zero-order chi connectivity index (χ0) is 20.4. The third kappa shape index (κ3) is 4.70. The Morgan fingerprint density at radius 1 is 1.33 bits per heavy atom. The number of hydrogen-bond acceptors (Lipinski definition) is 5. The van der Waals surface area contributed by atoms with Crippen LogP contribution in [0.2, 0.25) is 10.0 Å². The molecule has 1 aromatic rings. The van der Waals surface area contributed by atoms with Gasteiger partial charge in [-0.05, 0) is 38.5 Å². The Bertz CT molecular complexity index is 801. The highest BCUT2D eigenvalue weighted by molar-refractivity contribution is 6.36. The van der Waals surface area contributed by atoms with E-state index in [0.29, 0.717) is 17.1 Å². The molecule has 146 valence electrons. The Morgan fingerprint density at radius 3 is 2.56 bits per heavy atom. The Labute approximate surface area is 166 Å². The van der Waals surface area contributed by atoms with Gasteiger partial charge in [0.05, 0.1) is 10.7 Å². The van der Waals surface area contributed by atoms with Crippen molar-refractivity contribution in [2.75, 3.05) is 11.9 Å². The van der Waals surface area contributed by atoms with Gasteiger partial charge in [0.2, 0.25) is 0 Å². The summed E-state index contributed by atoms with van der Waals surface area (Å²) < 4.78 is 5.01. The number of halogens is 2. The Kier molecular flexibility index (Phi) is 6.33. The van der Waals surface area contributed by atoms with E-state index in [9.17, 15) is 19.2 Å². The molecule has 0 radical (unpaired) electrons. The fourth-order valence-corrected chi connectivity index (χ4v) is 2.83. The number of amides is 4. The topological polar surface area (TPSA) is 105 Å². The van der Waals surface area contributed by atoms with Gasteiger partial charge < -0.3 is 15.4 Å². The summed E-state index contributed by atoms with van der Waals surface area (Å²) >= 11 is 11.8. The first-order chi connectivity index (χ1) is 12.6. The van der Waals surface area contributed by atoms with Crippen molar-refractivity contribution in [3.05, 3.63) is 28.2 Å².